The molecule has 21 heavy (non-hydrogen) atoms. The van der Waals surface area contributed by atoms with Crippen LogP contribution in [-0.4, -0.2) is 47.1 Å². The Morgan fingerprint density at radius 2 is 1.86 bits per heavy atom. The summed E-state index contributed by atoms with van der Waals surface area (Å²) in [6.07, 6.45) is 6.85. The number of nitrogens with zero attached hydrogens (tertiary/aromatic N) is 1. The molecule has 0 atom stereocenters. The normalized spacial score (nSPS) is 30.2. The van der Waals surface area contributed by atoms with Crippen LogP contribution in [0.5, 0.6) is 0 Å². The number of hydrogen-bond acceptors (Lipinski definition) is 3. The highest BCUT2D eigenvalue weighted by molar-refractivity contribution is 5.87. The van der Waals surface area contributed by atoms with Crippen molar-refractivity contribution in [1.29, 1.82) is 0 Å². The first-order chi connectivity index (χ1) is 10.1. The van der Waals surface area contributed by atoms with Crippen LogP contribution in [0.25, 0.3) is 0 Å². The molecule has 2 N–H and O–H groups in total. The van der Waals surface area contributed by atoms with Crippen molar-refractivity contribution in [3.8, 4) is 0 Å². The standard InChI is InChI=1S/C16H28N2O3/c1-2-13-5-8-16(9-6-13,15(20)21)17-14(19)7-12-18-10-3-4-11-18/h13H,2-12H2,1H3,(H,17,19)(H,20,21). The highest BCUT2D eigenvalue weighted by Crippen LogP contribution is 2.34. The first-order valence-corrected chi connectivity index (χ1v) is 8.32. The molecule has 0 aromatic heterocycles. The van der Waals surface area contributed by atoms with Gasteiger partial charge in [-0.3, -0.25) is 4.79 Å². The maximum Gasteiger partial charge on any atom is 0.329 e. The van der Waals surface area contributed by atoms with Crippen LogP contribution in [0.2, 0.25) is 0 Å². The molecule has 2 rings (SSSR count). The maximum atomic E-state index is 12.1. The molecule has 0 spiro atoms. The molecule has 1 heterocycles. The van der Waals surface area contributed by atoms with Crippen LogP contribution in [0.1, 0.15) is 58.3 Å². The average molecular weight is 296 g/mol. The molecule has 5 heteroatoms. The minimum absolute atomic E-state index is 0.112. The van der Waals surface area contributed by atoms with Gasteiger partial charge in [0, 0.05) is 13.0 Å². The Balaban J connectivity index is 1.84. The fourth-order valence-electron chi connectivity index (χ4n) is 3.57. The van der Waals surface area contributed by atoms with E-state index < -0.39 is 11.5 Å². The van der Waals surface area contributed by atoms with Crippen molar-refractivity contribution in [3.63, 3.8) is 0 Å². The molecule has 1 saturated heterocycles. The first kappa shape index (κ1) is 16.3. The van der Waals surface area contributed by atoms with Gasteiger partial charge in [-0.25, -0.2) is 4.79 Å². The molecule has 0 unspecified atom stereocenters. The number of carboxylic acid groups (broad SMARTS) is 1. The van der Waals surface area contributed by atoms with Crippen LogP contribution in [-0.2, 0) is 9.59 Å². The van der Waals surface area contributed by atoms with Crippen molar-refractivity contribution in [2.45, 2.75) is 63.8 Å². The largest absolute Gasteiger partial charge is 0.480 e. The second-order valence-corrected chi connectivity index (χ2v) is 6.59. The summed E-state index contributed by atoms with van der Waals surface area (Å²) in [5, 5.41) is 12.4. The van der Waals surface area contributed by atoms with Gasteiger partial charge in [0.2, 0.25) is 5.91 Å². The van der Waals surface area contributed by atoms with Crippen molar-refractivity contribution in [2.75, 3.05) is 19.6 Å². The van der Waals surface area contributed by atoms with Gasteiger partial charge in [0.05, 0.1) is 0 Å². The lowest BCUT2D eigenvalue weighted by Gasteiger charge is -2.37. The molecule has 2 aliphatic rings. The van der Waals surface area contributed by atoms with Gasteiger partial charge in [-0.15, -0.1) is 0 Å². The second kappa shape index (κ2) is 7.25. The van der Waals surface area contributed by atoms with E-state index in [1.807, 2.05) is 0 Å². The quantitative estimate of drug-likeness (QED) is 0.786. The van der Waals surface area contributed by atoms with Gasteiger partial charge in [-0.2, -0.15) is 0 Å². The number of nitrogens with one attached hydrogen (secondary N) is 1. The average Bonchev–Trinajstić information content (AvgIpc) is 2.99. The zero-order chi connectivity index (χ0) is 15.3. The zero-order valence-electron chi connectivity index (χ0n) is 13.1. The van der Waals surface area contributed by atoms with Gasteiger partial charge < -0.3 is 15.3 Å². The van der Waals surface area contributed by atoms with Crippen LogP contribution in [0.15, 0.2) is 0 Å². The fraction of sp³-hybridized carbons (Fsp3) is 0.875. The van der Waals surface area contributed by atoms with Gasteiger partial charge in [0.1, 0.15) is 5.54 Å². The SMILES string of the molecule is CCC1CCC(NC(=O)CCN2CCCC2)(C(=O)O)CC1. The lowest BCUT2D eigenvalue weighted by atomic mass is 9.75. The summed E-state index contributed by atoms with van der Waals surface area (Å²) in [4.78, 5) is 26.0. The molecule has 1 saturated carbocycles. The van der Waals surface area contributed by atoms with Crippen molar-refractivity contribution >= 4 is 11.9 Å². The summed E-state index contributed by atoms with van der Waals surface area (Å²) >= 11 is 0. The van der Waals surface area contributed by atoms with Gasteiger partial charge in [-0.05, 0) is 57.5 Å². The number of carboxylic acids is 1. The molecule has 1 amide bonds. The predicted molar refractivity (Wildman–Crippen MR) is 81.0 cm³/mol. The lowest BCUT2D eigenvalue weighted by Crippen LogP contribution is -2.56. The van der Waals surface area contributed by atoms with Crippen molar-refractivity contribution in [3.05, 3.63) is 0 Å². The summed E-state index contributed by atoms with van der Waals surface area (Å²) in [6, 6.07) is 0. The third-order valence-electron chi connectivity index (χ3n) is 5.18. The summed E-state index contributed by atoms with van der Waals surface area (Å²) in [5.74, 6) is -0.371. The van der Waals surface area contributed by atoms with E-state index in [-0.39, 0.29) is 5.91 Å². The summed E-state index contributed by atoms with van der Waals surface area (Å²) in [6.45, 7) is 5.03. The fourth-order valence-corrected chi connectivity index (χ4v) is 3.57. The third-order valence-corrected chi connectivity index (χ3v) is 5.18. The van der Waals surface area contributed by atoms with Crippen LogP contribution in [0, 0.1) is 5.92 Å². The first-order valence-electron chi connectivity index (χ1n) is 8.32. The molecule has 5 nitrogen and oxygen atoms in total. The number of carbonyl (C=O) groups excluding carboxylic acids is 1. The van der Waals surface area contributed by atoms with Gasteiger partial charge in [0.15, 0.2) is 0 Å². The van der Waals surface area contributed by atoms with E-state index in [2.05, 4.69) is 17.1 Å². The molecule has 1 aliphatic heterocycles. The molecule has 0 radical (unpaired) electrons. The Labute approximate surface area is 127 Å². The van der Waals surface area contributed by atoms with Crippen molar-refractivity contribution in [2.24, 2.45) is 5.92 Å². The van der Waals surface area contributed by atoms with E-state index in [9.17, 15) is 14.7 Å². The number of carbonyl (C=O) groups is 2. The van der Waals surface area contributed by atoms with E-state index in [4.69, 9.17) is 0 Å². The van der Waals surface area contributed by atoms with E-state index in [0.29, 0.717) is 25.2 Å². The second-order valence-electron chi connectivity index (χ2n) is 6.59. The molecule has 0 aromatic rings. The van der Waals surface area contributed by atoms with Crippen molar-refractivity contribution in [1.82, 2.24) is 10.2 Å². The lowest BCUT2D eigenvalue weighted by molar-refractivity contribution is -0.149. The monoisotopic (exact) mass is 296 g/mol. The zero-order valence-corrected chi connectivity index (χ0v) is 13.1. The molecular weight excluding hydrogens is 268 g/mol. The van der Waals surface area contributed by atoms with Crippen LogP contribution in [0.4, 0.5) is 0 Å². The topological polar surface area (TPSA) is 69.6 Å². The van der Waals surface area contributed by atoms with Crippen LogP contribution < -0.4 is 5.32 Å². The van der Waals surface area contributed by atoms with Gasteiger partial charge in [0.25, 0.3) is 0 Å². The van der Waals surface area contributed by atoms with Gasteiger partial charge >= 0.3 is 5.97 Å². The molecule has 1 aliphatic carbocycles. The number of amides is 1. The van der Waals surface area contributed by atoms with E-state index >= 15 is 0 Å². The number of likely N-dealkylation sites (tertiary alicyclic amines) is 1. The smallest absolute Gasteiger partial charge is 0.329 e. The molecule has 0 bridgehead atoms. The molecule has 120 valence electrons. The minimum atomic E-state index is -1.02. The van der Waals surface area contributed by atoms with E-state index in [0.717, 1.165) is 38.9 Å². The Hall–Kier alpha value is -1.10. The summed E-state index contributed by atoms with van der Waals surface area (Å²) < 4.78 is 0. The van der Waals surface area contributed by atoms with Crippen molar-refractivity contribution < 1.29 is 14.7 Å². The van der Waals surface area contributed by atoms with Gasteiger partial charge in [-0.1, -0.05) is 13.3 Å². The molecule has 0 aromatic carbocycles. The Morgan fingerprint density at radius 3 is 2.38 bits per heavy atom. The summed E-state index contributed by atoms with van der Waals surface area (Å²) in [7, 11) is 0. The van der Waals surface area contributed by atoms with Crippen LogP contribution in [0.3, 0.4) is 0 Å². The predicted octanol–water partition coefficient (Wildman–Crippen LogP) is 2.01. The Kier molecular flexibility index (Phi) is 5.62. The number of aliphatic carboxylic acids is 1. The Bertz CT molecular complexity index is 370. The molecule has 2 fully saturated rings. The number of rotatable bonds is 6. The molecular formula is C16H28N2O3. The Morgan fingerprint density at radius 1 is 1.24 bits per heavy atom. The highest BCUT2D eigenvalue weighted by atomic mass is 16.4. The highest BCUT2D eigenvalue weighted by Gasteiger charge is 2.42. The summed E-state index contributed by atoms with van der Waals surface area (Å²) in [5.41, 5.74) is -1.02. The third kappa shape index (κ3) is 4.19. The number of hydrogen-bond donors (Lipinski definition) is 2. The maximum absolute atomic E-state index is 12.1. The van der Waals surface area contributed by atoms with E-state index in [1.165, 1.54) is 12.8 Å². The van der Waals surface area contributed by atoms with Crippen LogP contribution >= 0.6 is 0 Å². The minimum Gasteiger partial charge on any atom is -0.480 e. The van der Waals surface area contributed by atoms with E-state index in [1.54, 1.807) is 0 Å².